The van der Waals surface area contributed by atoms with Crippen molar-refractivity contribution >= 4 is 51.9 Å². The van der Waals surface area contributed by atoms with Gasteiger partial charge in [-0.3, -0.25) is 15.3 Å². The normalized spacial score (nSPS) is 18.1. The SMILES string of the molecule is CSNc1n[nH]c2c(-c3ccc(C#CC(C)(C)O)nc3C(Cc3cc(F)cc(F)c3)NC(=O)C[NH2+]C3=C(C(=N)C(F)F)C4CC4C3(F)F)ccc(Cl)c12. The van der Waals surface area contributed by atoms with Crippen molar-refractivity contribution in [2.24, 2.45) is 11.8 Å². The number of carbonyl (C=O) groups excluding carboxylic acids is 1. The minimum Gasteiger partial charge on any atom is -0.378 e. The molecule has 2 aliphatic rings. The number of allylic oxidation sites excluding steroid dienone is 2. The van der Waals surface area contributed by atoms with Gasteiger partial charge < -0.3 is 20.5 Å². The van der Waals surface area contributed by atoms with Crippen LogP contribution in [0.1, 0.15) is 43.3 Å². The number of halogens is 7. The minimum atomic E-state index is -3.50. The van der Waals surface area contributed by atoms with Crippen molar-refractivity contribution in [3.63, 3.8) is 0 Å². The van der Waals surface area contributed by atoms with Gasteiger partial charge in [-0.25, -0.2) is 22.5 Å². The standard InChI is InChI=1S/C36H32ClF6N7O2S/c1-35(2,52)9-8-19-4-5-20(21-6-7-24(37)28-31(21)48-49-34(28)50-53-3)30(46-19)25(12-16-10-17(38)13-18(39)11-16)47-26(51)15-45-32-27(29(44)33(40)41)22-14-23(22)36(32,42)43/h4-7,10-11,13,22-23,25,33,44-45,52H,12,14-15H2,1-3H3,(H,47,51)(H2,48,49,50)/p+1. The summed E-state index contributed by atoms with van der Waals surface area (Å²) in [5.74, 6) is -2.32. The van der Waals surface area contributed by atoms with E-state index in [4.69, 9.17) is 22.0 Å². The molecule has 278 valence electrons. The molecule has 0 spiro atoms. The summed E-state index contributed by atoms with van der Waals surface area (Å²) in [5, 5.41) is 29.8. The van der Waals surface area contributed by atoms with Crippen molar-refractivity contribution in [3.8, 4) is 23.0 Å². The van der Waals surface area contributed by atoms with Crippen molar-refractivity contribution in [1.29, 1.82) is 5.41 Å². The molecule has 3 unspecified atom stereocenters. The van der Waals surface area contributed by atoms with Gasteiger partial charge >= 0.3 is 5.92 Å². The molecule has 7 N–H and O–H groups in total. The van der Waals surface area contributed by atoms with Gasteiger partial charge in [0.05, 0.1) is 27.7 Å². The fourth-order valence-corrected chi connectivity index (χ4v) is 7.16. The molecule has 2 aliphatic carbocycles. The Labute approximate surface area is 309 Å². The highest BCUT2D eigenvalue weighted by Crippen LogP contribution is 2.61. The first-order valence-electron chi connectivity index (χ1n) is 16.3. The van der Waals surface area contributed by atoms with Gasteiger partial charge in [0.15, 0.2) is 18.1 Å². The van der Waals surface area contributed by atoms with Crippen LogP contribution in [0.3, 0.4) is 0 Å². The summed E-state index contributed by atoms with van der Waals surface area (Å²) in [4.78, 5) is 18.4. The summed E-state index contributed by atoms with van der Waals surface area (Å²) in [6.45, 7) is 2.25. The number of H-pyrrole nitrogens is 1. The fourth-order valence-electron chi connectivity index (χ4n) is 6.57. The number of rotatable bonds is 12. The molecule has 2 aromatic heterocycles. The summed E-state index contributed by atoms with van der Waals surface area (Å²) in [7, 11) is 0. The van der Waals surface area contributed by atoms with Crippen LogP contribution in [0.4, 0.5) is 32.2 Å². The van der Waals surface area contributed by atoms with E-state index in [9.17, 15) is 27.5 Å². The average molecular weight is 777 g/mol. The van der Waals surface area contributed by atoms with Gasteiger partial charge in [-0.05, 0) is 68.5 Å². The summed E-state index contributed by atoms with van der Waals surface area (Å²) >= 11 is 7.85. The topological polar surface area (TPSA) is 143 Å². The van der Waals surface area contributed by atoms with Crippen LogP contribution in [0.25, 0.3) is 22.0 Å². The zero-order valence-electron chi connectivity index (χ0n) is 28.4. The molecule has 17 heteroatoms. The molecule has 1 saturated carbocycles. The largest absolute Gasteiger partial charge is 0.378 e. The quantitative estimate of drug-likeness (QED) is 0.0441. The molecule has 1 fully saturated rings. The van der Waals surface area contributed by atoms with E-state index in [1.54, 1.807) is 30.5 Å². The van der Waals surface area contributed by atoms with E-state index < -0.39 is 76.9 Å². The van der Waals surface area contributed by atoms with E-state index in [-0.39, 0.29) is 29.8 Å². The molecule has 4 aromatic rings. The lowest BCUT2D eigenvalue weighted by atomic mass is 9.93. The Morgan fingerprint density at radius 2 is 1.89 bits per heavy atom. The Balaban J connectivity index is 1.44. The average Bonchev–Trinajstić information content (AvgIpc) is 3.71. The molecular weight excluding hydrogens is 744 g/mol. The van der Waals surface area contributed by atoms with E-state index >= 15 is 8.78 Å². The maximum Gasteiger partial charge on any atom is 0.323 e. The van der Waals surface area contributed by atoms with Gasteiger partial charge in [-0.15, -0.1) is 0 Å². The van der Waals surface area contributed by atoms with Crippen molar-refractivity contribution in [3.05, 3.63) is 87.3 Å². The van der Waals surface area contributed by atoms with Crippen LogP contribution < -0.4 is 15.4 Å². The number of alkyl halides is 4. The van der Waals surface area contributed by atoms with Crippen molar-refractivity contribution in [1.82, 2.24) is 20.5 Å². The Kier molecular flexibility index (Phi) is 10.6. The molecule has 9 nitrogen and oxygen atoms in total. The second-order valence-corrected chi connectivity index (χ2v) is 14.3. The van der Waals surface area contributed by atoms with Crippen molar-refractivity contribution in [2.45, 2.75) is 50.7 Å². The molecule has 2 heterocycles. The predicted octanol–water partition coefficient (Wildman–Crippen LogP) is 6.16. The van der Waals surface area contributed by atoms with Gasteiger partial charge in [0.2, 0.25) is 0 Å². The number of quaternary nitrogens is 1. The number of nitrogens with one attached hydrogen (secondary N) is 4. The van der Waals surface area contributed by atoms with Crippen LogP contribution in [0.2, 0.25) is 5.02 Å². The monoisotopic (exact) mass is 776 g/mol. The van der Waals surface area contributed by atoms with E-state index in [1.807, 2.05) is 0 Å². The third-order valence-corrected chi connectivity index (χ3v) is 9.60. The number of anilines is 1. The predicted molar refractivity (Wildman–Crippen MR) is 190 cm³/mol. The lowest BCUT2D eigenvalue weighted by Gasteiger charge is -2.23. The number of hydrogen-bond acceptors (Lipinski definition) is 7. The minimum absolute atomic E-state index is 0.0302. The van der Waals surface area contributed by atoms with Crippen molar-refractivity contribution in [2.75, 3.05) is 17.5 Å². The Hall–Kier alpha value is -4.56. The third-order valence-electron chi connectivity index (χ3n) is 8.88. The maximum atomic E-state index is 15.2. The number of pyridine rings is 1. The van der Waals surface area contributed by atoms with Crippen LogP contribution in [-0.4, -0.2) is 62.7 Å². The Morgan fingerprint density at radius 1 is 1.19 bits per heavy atom. The fraction of sp³-hybridized carbons (Fsp3) is 0.333. The molecule has 0 radical (unpaired) electrons. The number of benzene rings is 2. The summed E-state index contributed by atoms with van der Waals surface area (Å²) in [6, 6.07) is 8.17. The van der Waals surface area contributed by atoms with Crippen LogP contribution in [-0.2, 0) is 11.2 Å². The molecule has 0 saturated heterocycles. The van der Waals surface area contributed by atoms with Gasteiger partial charge in [0, 0.05) is 40.9 Å². The number of aromatic amines is 1. The maximum absolute atomic E-state index is 15.2. The summed E-state index contributed by atoms with van der Waals surface area (Å²) in [6.07, 6.45) is -1.75. The number of amides is 1. The first kappa shape index (κ1) is 38.2. The van der Waals surface area contributed by atoms with E-state index in [2.05, 4.69) is 32.1 Å². The van der Waals surface area contributed by atoms with Gasteiger partial charge in [-0.1, -0.05) is 35.5 Å². The number of nitrogens with two attached hydrogens (primary N) is 1. The van der Waals surface area contributed by atoms with Crippen LogP contribution in [0.5, 0.6) is 0 Å². The molecule has 53 heavy (non-hydrogen) atoms. The second-order valence-electron chi connectivity index (χ2n) is 13.3. The zero-order chi connectivity index (χ0) is 38.4. The summed E-state index contributed by atoms with van der Waals surface area (Å²) < 4.78 is 89.4. The lowest BCUT2D eigenvalue weighted by Crippen LogP contribution is -2.87. The summed E-state index contributed by atoms with van der Waals surface area (Å²) in [5.41, 5.74) is -2.01. The van der Waals surface area contributed by atoms with E-state index in [0.717, 1.165) is 17.4 Å². The number of aromatic nitrogens is 3. The number of carbonyl (C=O) groups is 1. The molecule has 3 atom stereocenters. The molecular formula is C36H33ClF6N7O2S+. The lowest BCUT2D eigenvalue weighted by molar-refractivity contribution is -0.609. The van der Waals surface area contributed by atoms with E-state index in [0.29, 0.717) is 38.9 Å². The van der Waals surface area contributed by atoms with Crippen LogP contribution >= 0.6 is 23.5 Å². The molecule has 1 amide bonds. The smallest absolute Gasteiger partial charge is 0.323 e. The van der Waals surface area contributed by atoms with Gasteiger partial charge in [-0.2, -0.15) is 13.9 Å². The molecule has 2 aromatic carbocycles. The first-order chi connectivity index (χ1) is 25.0. The van der Waals surface area contributed by atoms with Gasteiger partial charge in [0.25, 0.3) is 12.3 Å². The van der Waals surface area contributed by atoms with Crippen LogP contribution in [0, 0.1) is 40.7 Å². The molecule has 6 rings (SSSR count). The number of fused-ring (bicyclic) bond motifs is 2. The first-order valence-corrected chi connectivity index (χ1v) is 17.9. The highest BCUT2D eigenvalue weighted by Gasteiger charge is 2.68. The van der Waals surface area contributed by atoms with Crippen LogP contribution in [0.15, 0.2) is 53.7 Å². The van der Waals surface area contributed by atoms with E-state index in [1.165, 1.54) is 25.8 Å². The second kappa shape index (κ2) is 14.7. The highest BCUT2D eigenvalue weighted by atomic mass is 35.5. The number of aliphatic hydroxyl groups is 1. The Morgan fingerprint density at radius 3 is 2.55 bits per heavy atom. The zero-order valence-corrected chi connectivity index (χ0v) is 29.9. The number of nitrogens with zero attached hydrogens (tertiary/aromatic N) is 2. The third kappa shape index (κ3) is 8.03. The highest BCUT2D eigenvalue weighted by molar-refractivity contribution is 7.99. The van der Waals surface area contributed by atoms with Crippen molar-refractivity contribution < 1.29 is 41.6 Å². The molecule has 0 bridgehead atoms. The number of hydrogen-bond donors (Lipinski definition) is 6. The van der Waals surface area contributed by atoms with Gasteiger partial charge in [0.1, 0.15) is 28.6 Å². The Bertz CT molecular complexity index is 2190. The molecule has 0 aliphatic heterocycles.